The van der Waals surface area contributed by atoms with Crippen molar-refractivity contribution in [1.82, 2.24) is 10.3 Å². The molecule has 1 aliphatic rings. The van der Waals surface area contributed by atoms with E-state index in [1.807, 2.05) is 13.0 Å². The van der Waals surface area contributed by atoms with Gasteiger partial charge in [-0.3, -0.25) is 9.78 Å². The first-order valence-electron chi connectivity index (χ1n) is 6.69. The van der Waals surface area contributed by atoms with Gasteiger partial charge in [0.1, 0.15) is 0 Å². The maximum atomic E-state index is 12.1. The predicted octanol–water partition coefficient (Wildman–Crippen LogP) is 2.35. The lowest BCUT2D eigenvalue weighted by Gasteiger charge is -2.12. The molecule has 1 aromatic heterocycles. The zero-order valence-corrected chi connectivity index (χ0v) is 11.1. The number of aryl methyl sites for hydroxylation is 1. The SMILES string of the molecule is CCCNc1cc(C)ncc1C(=O)NCC1CC1. The van der Waals surface area contributed by atoms with Crippen molar-refractivity contribution < 1.29 is 4.79 Å². The molecule has 1 heterocycles. The molecule has 2 N–H and O–H groups in total. The second-order valence-electron chi connectivity index (χ2n) is 4.95. The van der Waals surface area contributed by atoms with E-state index in [0.29, 0.717) is 11.5 Å². The molecule has 1 aromatic rings. The van der Waals surface area contributed by atoms with Gasteiger partial charge in [-0.1, -0.05) is 6.92 Å². The smallest absolute Gasteiger partial charge is 0.254 e. The standard InChI is InChI=1S/C14H21N3O/c1-3-6-15-13-7-10(2)16-9-12(13)14(18)17-8-11-4-5-11/h7,9,11H,3-6,8H2,1-2H3,(H,15,16)(H,17,18). The zero-order chi connectivity index (χ0) is 13.0. The molecule has 0 atom stereocenters. The van der Waals surface area contributed by atoms with E-state index in [4.69, 9.17) is 0 Å². The van der Waals surface area contributed by atoms with Gasteiger partial charge in [-0.2, -0.15) is 0 Å². The van der Waals surface area contributed by atoms with Crippen molar-refractivity contribution in [2.45, 2.75) is 33.1 Å². The predicted molar refractivity (Wildman–Crippen MR) is 72.8 cm³/mol. The molecule has 1 saturated carbocycles. The minimum atomic E-state index is -0.0204. The lowest BCUT2D eigenvalue weighted by Crippen LogP contribution is -2.26. The quantitative estimate of drug-likeness (QED) is 0.811. The first kappa shape index (κ1) is 12.9. The van der Waals surface area contributed by atoms with Crippen molar-refractivity contribution in [3.63, 3.8) is 0 Å². The van der Waals surface area contributed by atoms with Crippen LogP contribution in [0.4, 0.5) is 5.69 Å². The maximum absolute atomic E-state index is 12.1. The van der Waals surface area contributed by atoms with Crippen LogP contribution in [-0.2, 0) is 0 Å². The number of carbonyl (C=O) groups excluding carboxylic acids is 1. The van der Waals surface area contributed by atoms with Gasteiger partial charge in [0.25, 0.3) is 5.91 Å². The molecule has 18 heavy (non-hydrogen) atoms. The lowest BCUT2D eigenvalue weighted by molar-refractivity contribution is 0.0952. The highest BCUT2D eigenvalue weighted by molar-refractivity contribution is 5.99. The second-order valence-corrected chi connectivity index (χ2v) is 4.95. The summed E-state index contributed by atoms with van der Waals surface area (Å²) in [4.78, 5) is 16.3. The van der Waals surface area contributed by atoms with E-state index in [0.717, 1.165) is 30.9 Å². The molecule has 0 saturated heterocycles. The Kier molecular flexibility index (Phi) is 4.18. The molecule has 0 aromatic carbocycles. The van der Waals surface area contributed by atoms with Crippen molar-refractivity contribution in [2.75, 3.05) is 18.4 Å². The summed E-state index contributed by atoms with van der Waals surface area (Å²) in [5, 5.41) is 6.27. The molecule has 1 aliphatic carbocycles. The fourth-order valence-electron chi connectivity index (χ4n) is 1.80. The van der Waals surface area contributed by atoms with Gasteiger partial charge in [-0.15, -0.1) is 0 Å². The molecule has 1 amide bonds. The molecule has 0 aliphatic heterocycles. The Bertz CT molecular complexity index is 427. The molecular formula is C14H21N3O. The fraction of sp³-hybridized carbons (Fsp3) is 0.571. The molecule has 0 radical (unpaired) electrons. The number of amides is 1. The summed E-state index contributed by atoms with van der Waals surface area (Å²) in [6.45, 7) is 5.70. The number of hydrogen-bond donors (Lipinski definition) is 2. The molecule has 4 nitrogen and oxygen atoms in total. The first-order chi connectivity index (χ1) is 8.70. The zero-order valence-electron chi connectivity index (χ0n) is 11.1. The van der Waals surface area contributed by atoms with Gasteiger partial charge in [-0.05, 0) is 38.2 Å². The highest BCUT2D eigenvalue weighted by Gasteiger charge is 2.22. The molecule has 0 unspecified atom stereocenters. The Hall–Kier alpha value is -1.58. The topological polar surface area (TPSA) is 54.0 Å². The minimum Gasteiger partial charge on any atom is -0.384 e. The Morgan fingerprint density at radius 2 is 2.28 bits per heavy atom. The van der Waals surface area contributed by atoms with Crippen LogP contribution in [0.1, 0.15) is 42.2 Å². The minimum absolute atomic E-state index is 0.0204. The van der Waals surface area contributed by atoms with E-state index in [9.17, 15) is 4.79 Å². The fourth-order valence-corrected chi connectivity index (χ4v) is 1.80. The third kappa shape index (κ3) is 3.45. The number of aromatic nitrogens is 1. The summed E-state index contributed by atoms with van der Waals surface area (Å²) in [6.07, 6.45) is 5.18. The van der Waals surface area contributed by atoms with Crippen molar-refractivity contribution in [2.24, 2.45) is 5.92 Å². The van der Waals surface area contributed by atoms with Gasteiger partial charge < -0.3 is 10.6 Å². The van der Waals surface area contributed by atoms with Crippen LogP contribution in [-0.4, -0.2) is 24.0 Å². The maximum Gasteiger partial charge on any atom is 0.254 e. The average molecular weight is 247 g/mol. The van der Waals surface area contributed by atoms with E-state index >= 15 is 0 Å². The molecule has 1 fully saturated rings. The summed E-state index contributed by atoms with van der Waals surface area (Å²) in [5.74, 6) is 0.674. The lowest BCUT2D eigenvalue weighted by atomic mass is 10.2. The van der Waals surface area contributed by atoms with E-state index in [1.54, 1.807) is 6.20 Å². The first-order valence-corrected chi connectivity index (χ1v) is 6.69. The van der Waals surface area contributed by atoms with Crippen LogP contribution in [0.5, 0.6) is 0 Å². The van der Waals surface area contributed by atoms with Crippen LogP contribution in [0.15, 0.2) is 12.3 Å². The Balaban J connectivity index is 2.05. The van der Waals surface area contributed by atoms with Crippen LogP contribution >= 0.6 is 0 Å². The Labute approximate surface area is 108 Å². The molecule has 0 spiro atoms. The van der Waals surface area contributed by atoms with Crippen LogP contribution in [0.2, 0.25) is 0 Å². The summed E-state index contributed by atoms with van der Waals surface area (Å²) < 4.78 is 0. The summed E-state index contributed by atoms with van der Waals surface area (Å²) >= 11 is 0. The number of rotatable bonds is 6. The number of pyridine rings is 1. The molecular weight excluding hydrogens is 226 g/mol. The monoisotopic (exact) mass is 247 g/mol. The van der Waals surface area contributed by atoms with E-state index in [1.165, 1.54) is 12.8 Å². The van der Waals surface area contributed by atoms with Crippen LogP contribution < -0.4 is 10.6 Å². The van der Waals surface area contributed by atoms with Gasteiger partial charge in [0, 0.05) is 25.0 Å². The summed E-state index contributed by atoms with van der Waals surface area (Å²) in [6, 6.07) is 1.93. The summed E-state index contributed by atoms with van der Waals surface area (Å²) in [5.41, 5.74) is 2.46. The number of anilines is 1. The van der Waals surface area contributed by atoms with Crippen molar-refractivity contribution in [3.05, 3.63) is 23.5 Å². The largest absolute Gasteiger partial charge is 0.384 e. The van der Waals surface area contributed by atoms with Crippen molar-refractivity contribution in [1.29, 1.82) is 0 Å². The van der Waals surface area contributed by atoms with E-state index in [-0.39, 0.29) is 5.91 Å². The Morgan fingerprint density at radius 1 is 1.50 bits per heavy atom. The molecule has 98 valence electrons. The highest BCUT2D eigenvalue weighted by atomic mass is 16.1. The average Bonchev–Trinajstić information content (AvgIpc) is 3.17. The Morgan fingerprint density at radius 3 is 2.94 bits per heavy atom. The summed E-state index contributed by atoms with van der Waals surface area (Å²) in [7, 11) is 0. The highest BCUT2D eigenvalue weighted by Crippen LogP contribution is 2.27. The van der Waals surface area contributed by atoms with Gasteiger partial charge in [0.15, 0.2) is 0 Å². The van der Waals surface area contributed by atoms with Gasteiger partial charge in [0.2, 0.25) is 0 Å². The van der Waals surface area contributed by atoms with Crippen LogP contribution in [0, 0.1) is 12.8 Å². The van der Waals surface area contributed by atoms with Gasteiger partial charge in [0.05, 0.1) is 11.3 Å². The molecule has 2 rings (SSSR count). The third-order valence-corrected chi connectivity index (χ3v) is 3.10. The van der Waals surface area contributed by atoms with E-state index < -0.39 is 0 Å². The van der Waals surface area contributed by atoms with Gasteiger partial charge >= 0.3 is 0 Å². The van der Waals surface area contributed by atoms with Gasteiger partial charge in [-0.25, -0.2) is 0 Å². The molecule has 0 bridgehead atoms. The number of nitrogens with zero attached hydrogens (tertiary/aromatic N) is 1. The second kappa shape index (κ2) is 5.85. The van der Waals surface area contributed by atoms with E-state index in [2.05, 4.69) is 22.5 Å². The van der Waals surface area contributed by atoms with Crippen molar-refractivity contribution >= 4 is 11.6 Å². The van der Waals surface area contributed by atoms with Crippen LogP contribution in [0.3, 0.4) is 0 Å². The van der Waals surface area contributed by atoms with Crippen LogP contribution in [0.25, 0.3) is 0 Å². The molecule has 4 heteroatoms. The number of hydrogen-bond acceptors (Lipinski definition) is 3. The number of carbonyl (C=O) groups is 1. The van der Waals surface area contributed by atoms with Crippen molar-refractivity contribution in [3.8, 4) is 0 Å². The normalized spacial score (nSPS) is 14.3. The number of nitrogens with one attached hydrogen (secondary N) is 2. The third-order valence-electron chi connectivity index (χ3n) is 3.10.